The number of anilines is 1. The van der Waals surface area contributed by atoms with Crippen LogP contribution in [0.5, 0.6) is 0 Å². The summed E-state index contributed by atoms with van der Waals surface area (Å²) < 4.78 is 40.5. The van der Waals surface area contributed by atoms with Crippen LogP contribution in [-0.4, -0.2) is 15.5 Å². The topological polar surface area (TPSA) is 58.2 Å². The average molecular weight is 294 g/mol. The Kier molecular flexibility index (Phi) is 4.36. The molecule has 0 radical (unpaired) electrons. The summed E-state index contributed by atoms with van der Waals surface area (Å²) in [6.45, 7) is 0.476. The van der Waals surface area contributed by atoms with Crippen molar-refractivity contribution in [2.75, 3.05) is 11.8 Å². The predicted octanol–water partition coefficient (Wildman–Crippen LogP) is 2.35. The first-order valence-corrected chi connectivity index (χ1v) is 7.52. The van der Waals surface area contributed by atoms with Gasteiger partial charge in [-0.15, -0.1) is 0 Å². The van der Waals surface area contributed by atoms with E-state index in [0.29, 0.717) is 17.8 Å². The summed E-state index contributed by atoms with van der Waals surface area (Å²) in [6, 6.07) is 12.4. The summed E-state index contributed by atoms with van der Waals surface area (Å²) in [7, 11) is -2.19. The van der Waals surface area contributed by atoms with Crippen molar-refractivity contribution in [1.29, 1.82) is 0 Å². The maximum absolute atomic E-state index is 13.9. The van der Waals surface area contributed by atoms with Crippen LogP contribution in [0.15, 0.2) is 53.4 Å². The zero-order valence-corrected chi connectivity index (χ0v) is 11.7. The Morgan fingerprint density at radius 1 is 1.10 bits per heavy atom. The van der Waals surface area contributed by atoms with Gasteiger partial charge in [0.1, 0.15) is 10.7 Å². The summed E-state index contributed by atoms with van der Waals surface area (Å²) in [5.41, 5.74) is 1.08. The van der Waals surface area contributed by atoms with E-state index in [1.807, 2.05) is 0 Å². The van der Waals surface area contributed by atoms with E-state index >= 15 is 0 Å². The molecule has 0 aromatic heterocycles. The van der Waals surface area contributed by atoms with Gasteiger partial charge in [0.25, 0.3) is 10.0 Å². The van der Waals surface area contributed by atoms with Gasteiger partial charge in [0.05, 0.1) is 0 Å². The third-order valence-electron chi connectivity index (χ3n) is 2.69. The van der Waals surface area contributed by atoms with E-state index in [1.165, 1.54) is 12.1 Å². The predicted molar refractivity (Wildman–Crippen MR) is 76.4 cm³/mol. The molecule has 2 rings (SSSR count). The second-order valence-corrected chi connectivity index (χ2v) is 5.92. The van der Waals surface area contributed by atoms with Crippen LogP contribution in [-0.2, 0) is 16.6 Å². The summed E-state index contributed by atoms with van der Waals surface area (Å²) in [5.74, 6) is -0.763. The molecule has 0 aliphatic rings. The van der Waals surface area contributed by atoms with Crippen molar-refractivity contribution in [2.45, 2.75) is 11.4 Å². The van der Waals surface area contributed by atoms with Gasteiger partial charge in [0.2, 0.25) is 0 Å². The smallest absolute Gasteiger partial charge is 0.264 e. The molecule has 106 valence electrons. The maximum Gasteiger partial charge on any atom is 0.264 e. The molecular formula is C14H15FN2O2S. The molecule has 0 atom stereocenters. The molecule has 0 saturated carbocycles. The molecular weight excluding hydrogens is 279 g/mol. The Bertz CT molecular complexity index is 688. The number of nitrogens with one attached hydrogen (secondary N) is 2. The van der Waals surface area contributed by atoms with Crippen LogP contribution in [0.4, 0.5) is 10.1 Å². The van der Waals surface area contributed by atoms with E-state index in [1.54, 1.807) is 43.4 Å². The Morgan fingerprint density at radius 2 is 1.80 bits per heavy atom. The number of benzene rings is 2. The zero-order valence-electron chi connectivity index (χ0n) is 10.9. The third-order valence-corrected chi connectivity index (χ3v) is 4.11. The van der Waals surface area contributed by atoms with Gasteiger partial charge in [-0.05, 0) is 36.9 Å². The Balaban J connectivity index is 2.30. The monoisotopic (exact) mass is 294 g/mol. The Labute approximate surface area is 117 Å². The van der Waals surface area contributed by atoms with E-state index < -0.39 is 15.8 Å². The van der Waals surface area contributed by atoms with Crippen LogP contribution in [0, 0.1) is 5.82 Å². The molecule has 6 heteroatoms. The zero-order chi connectivity index (χ0) is 14.6. The normalized spacial score (nSPS) is 11.3. The van der Waals surface area contributed by atoms with E-state index in [0.717, 1.165) is 0 Å². The fourth-order valence-electron chi connectivity index (χ4n) is 1.79. The molecule has 0 fully saturated rings. The number of sulfonamides is 1. The summed E-state index contributed by atoms with van der Waals surface area (Å²) in [6.07, 6.45) is 0. The van der Waals surface area contributed by atoms with Gasteiger partial charge in [-0.3, -0.25) is 4.72 Å². The minimum Gasteiger partial charge on any atom is -0.316 e. The van der Waals surface area contributed by atoms with Gasteiger partial charge in [0, 0.05) is 12.2 Å². The number of hydrogen-bond acceptors (Lipinski definition) is 3. The maximum atomic E-state index is 13.9. The molecule has 0 spiro atoms. The molecule has 20 heavy (non-hydrogen) atoms. The molecule has 0 aliphatic heterocycles. The summed E-state index contributed by atoms with van der Waals surface area (Å²) in [5, 5.41) is 2.88. The van der Waals surface area contributed by atoms with Gasteiger partial charge in [0.15, 0.2) is 0 Å². The van der Waals surface area contributed by atoms with Crippen LogP contribution in [0.2, 0.25) is 0 Å². The highest BCUT2D eigenvalue weighted by Crippen LogP contribution is 2.19. The van der Waals surface area contributed by atoms with E-state index in [9.17, 15) is 12.8 Å². The molecule has 2 aromatic rings. The van der Waals surface area contributed by atoms with E-state index in [4.69, 9.17) is 0 Å². The highest BCUT2D eigenvalue weighted by atomic mass is 32.2. The lowest BCUT2D eigenvalue weighted by Crippen LogP contribution is -2.15. The lowest BCUT2D eigenvalue weighted by atomic mass is 10.2. The van der Waals surface area contributed by atoms with Crippen LogP contribution >= 0.6 is 0 Å². The molecule has 0 heterocycles. The van der Waals surface area contributed by atoms with Crippen molar-refractivity contribution in [3.63, 3.8) is 0 Å². The molecule has 2 aromatic carbocycles. The molecule has 0 unspecified atom stereocenters. The van der Waals surface area contributed by atoms with Crippen molar-refractivity contribution >= 4 is 15.7 Å². The van der Waals surface area contributed by atoms with Crippen LogP contribution in [0.25, 0.3) is 0 Å². The van der Waals surface area contributed by atoms with Crippen molar-refractivity contribution in [2.24, 2.45) is 0 Å². The number of para-hydroxylation sites is 1. The lowest BCUT2D eigenvalue weighted by Gasteiger charge is -2.10. The molecule has 0 amide bonds. The second-order valence-electron chi connectivity index (χ2n) is 4.27. The van der Waals surface area contributed by atoms with Gasteiger partial charge < -0.3 is 5.32 Å². The highest BCUT2D eigenvalue weighted by Gasteiger charge is 2.19. The standard InChI is InChI=1S/C14H15FN2O2S/c1-16-10-11-7-8-14(13(15)9-11)20(18,19)17-12-5-3-2-4-6-12/h2-9,16-17H,10H2,1H3. The Morgan fingerprint density at radius 3 is 2.40 bits per heavy atom. The van der Waals surface area contributed by atoms with Crippen LogP contribution < -0.4 is 10.0 Å². The van der Waals surface area contributed by atoms with Gasteiger partial charge in [-0.1, -0.05) is 24.3 Å². The number of halogens is 1. The molecule has 0 bridgehead atoms. The average Bonchev–Trinajstić information content (AvgIpc) is 2.39. The van der Waals surface area contributed by atoms with Gasteiger partial charge >= 0.3 is 0 Å². The Hall–Kier alpha value is -1.92. The van der Waals surface area contributed by atoms with Crippen LogP contribution in [0.3, 0.4) is 0 Å². The van der Waals surface area contributed by atoms with Crippen molar-refractivity contribution in [1.82, 2.24) is 5.32 Å². The van der Waals surface area contributed by atoms with Gasteiger partial charge in [-0.25, -0.2) is 12.8 Å². The van der Waals surface area contributed by atoms with Crippen molar-refractivity contribution in [3.05, 3.63) is 59.9 Å². The fraction of sp³-hybridized carbons (Fsp3) is 0.143. The molecule has 2 N–H and O–H groups in total. The quantitative estimate of drug-likeness (QED) is 0.890. The molecule has 4 nitrogen and oxygen atoms in total. The second kappa shape index (κ2) is 6.02. The molecule has 0 saturated heterocycles. The first-order chi connectivity index (χ1) is 9.53. The van der Waals surface area contributed by atoms with Crippen molar-refractivity contribution < 1.29 is 12.8 Å². The third kappa shape index (κ3) is 3.34. The lowest BCUT2D eigenvalue weighted by molar-refractivity contribution is 0.568. The van der Waals surface area contributed by atoms with Gasteiger partial charge in [-0.2, -0.15) is 0 Å². The highest BCUT2D eigenvalue weighted by molar-refractivity contribution is 7.92. The number of rotatable bonds is 5. The molecule has 0 aliphatic carbocycles. The minimum atomic E-state index is -3.92. The van der Waals surface area contributed by atoms with Crippen LogP contribution in [0.1, 0.15) is 5.56 Å². The van der Waals surface area contributed by atoms with E-state index in [2.05, 4.69) is 10.0 Å². The first-order valence-electron chi connectivity index (χ1n) is 6.04. The summed E-state index contributed by atoms with van der Waals surface area (Å²) in [4.78, 5) is -0.360. The van der Waals surface area contributed by atoms with Crippen molar-refractivity contribution in [3.8, 4) is 0 Å². The minimum absolute atomic E-state index is 0.360. The number of hydrogen-bond donors (Lipinski definition) is 2. The first kappa shape index (κ1) is 14.5. The largest absolute Gasteiger partial charge is 0.316 e. The SMILES string of the molecule is CNCc1ccc(S(=O)(=O)Nc2ccccc2)c(F)c1. The fourth-order valence-corrected chi connectivity index (χ4v) is 2.91. The summed E-state index contributed by atoms with van der Waals surface area (Å²) >= 11 is 0. The van der Waals surface area contributed by atoms with E-state index in [-0.39, 0.29) is 4.90 Å².